The molecule has 5 heterocycles. The summed E-state index contributed by atoms with van der Waals surface area (Å²) in [5, 5.41) is 10.1. The van der Waals surface area contributed by atoms with Crippen LogP contribution in [0, 0.1) is 18.3 Å². The van der Waals surface area contributed by atoms with Crippen LogP contribution in [-0.2, 0) is 0 Å². The lowest BCUT2D eigenvalue weighted by molar-refractivity contribution is -0.799. The highest BCUT2D eigenvalue weighted by molar-refractivity contribution is 5.79. The van der Waals surface area contributed by atoms with Gasteiger partial charge in [-0.1, -0.05) is 18.2 Å². The summed E-state index contributed by atoms with van der Waals surface area (Å²) >= 11 is 0. The van der Waals surface area contributed by atoms with Crippen LogP contribution >= 0.6 is 0 Å². The molecule has 2 N–H and O–H groups in total. The third-order valence-electron chi connectivity index (χ3n) is 7.61. The maximum atomic E-state index is 10.1. The fourth-order valence-corrected chi connectivity index (χ4v) is 6.09. The van der Waals surface area contributed by atoms with Crippen LogP contribution in [0.3, 0.4) is 0 Å². The summed E-state index contributed by atoms with van der Waals surface area (Å²) in [6.07, 6.45) is 8.03. The zero-order valence-electron chi connectivity index (χ0n) is 19.8. The molecule has 0 saturated heterocycles. The fraction of sp³-hybridized carbons (Fsp3) is 0.0968. The van der Waals surface area contributed by atoms with Gasteiger partial charge in [0.25, 0.3) is 12.1 Å². The molecule has 5 nitrogen and oxygen atoms in total. The van der Waals surface area contributed by atoms with Crippen LogP contribution in [0.15, 0.2) is 97.6 Å². The molecule has 2 aromatic carbocycles. The van der Waals surface area contributed by atoms with Gasteiger partial charge in [0.05, 0.1) is 22.3 Å². The lowest BCUT2D eigenvalue weighted by Gasteiger charge is -2.33. The molecule has 0 amide bonds. The second-order valence-corrected chi connectivity index (χ2v) is 9.47. The van der Waals surface area contributed by atoms with Gasteiger partial charge in [-0.2, -0.15) is 14.4 Å². The molecule has 2 unspecified atom stereocenters. The molecule has 0 fully saturated rings. The molecular weight excluding hydrogens is 442 g/mol. The average Bonchev–Trinajstić information content (AvgIpc) is 2.93. The van der Waals surface area contributed by atoms with E-state index < -0.39 is 0 Å². The predicted octanol–water partition coefficient (Wildman–Crippen LogP) is 4.93. The second kappa shape index (κ2) is 7.59. The largest absolute Gasteiger partial charge is 0.398 e. The normalized spacial score (nSPS) is 16.6. The number of anilines is 1. The van der Waals surface area contributed by atoms with Crippen molar-refractivity contribution in [2.75, 3.05) is 5.73 Å². The van der Waals surface area contributed by atoms with Gasteiger partial charge < -0.3 is 5.73 Å². The minimum Gasteiger partial charge on any atom is -0.398 e. The number of nitrogens with zero attached hydrogens (tertiary/aromatic N) is 4. The summed E-state index contributed by atoms with van der Waals surface area (Å²) in [7, 11) is 0. The van der Waals surface area contributed by atoms with Crippen molar-refractivity contribution < 1.29 is 9.13 Å². The number of fused-ring (bicyclic) bond motifs is 11. The van der Waals surface area contributed by atoms with Gasteiger partial charge in [0, 0.05) is 47.4 Å². The predicted molar refractivity (Wildman–Crippen MR) is 138 cm³/mol. The summed E-state index contributed by atoms with van der Waals surface area (Å²) in [5.41, 5.74) is 18.0. The molecule has 36 heavy (non-hydrogen) atoms. The Morgan fingerprint density at radius 2 is 1.67 bits per heavy atom. The highest BCUT2D eigenvalue weighted by atomic mass is 15.1. The fourth-order valence-electron chi connectivity index (χ4n) is 6.09. The zero-order valence-corrected chi connectivity index (χ0v) is 19.8. The first kappa shape index (κ1) is 20.5. The smallest absolute Gasteiger partial charge is 0.252 e. The van der Waals surface area contributed by atoms with Crippen LogP contribution in [0.4, 0.5) is 5.69 Å². The van der Waals surface area contributed by atoms with Gasteiger partial charge >= 0.3 is 0 Å². The summed E-state index contributed by atoms with van der Waals surface area (Å²) in [5.74, 6) is 0. The average molecular weight is 466 g/mol. The molecular formula is C31H23N5+2. The van der Waals surface area contributed by atoms with Gasteiger partial charge in [-0.25, -0.2) is 0 Å². The van der Waals surface area contributed by atoms with E-state index in [1.165, 1.54) is 11.1 Å². The third-order valence-corrected chi connectivity index (χ3v) is 7.61. The van der Waals surface area contributed by atoms with Crippen molar-refractivity contribution in [3.8, 4) is 39.7 Å². The van der Waals surface area contributed by atoms with Crippen LogP contribution in [-0.4, -0.2) is 4.98 Å². The number of hydrogen-bond acceptors (Lipinski definition) is 3. The molecule has 2 aliphatic heterocycles. The van der Waals surface area contributed by atoms with Crippen molar-refractivity contribution in [2.24, 2.45) is 0 Å². The Morgan fingerprint density at radius 3 is 2.50 bits per heavy atom. The minimum atomic E-state index is -0.0927. The van der Waals surface area contributed by atoms with Crippen LogP contribution in [0.25, 0.3) is 33.6 Å². The Balaban J connectivity index is 1.64. The number of aryl methyl sites for hydroxylation is 1. The molecule has 0 bridgehead atoms. The quantitative estimate of drug-likeness (QED) is 0.282. The number of nitrogens with two attached hydrogens (primary N) is 1. The van der Waals surface area contributed by atoms with E-state index in [-0.39, 0.29) is 12.1 Å². The van der Waals surface area contributed by atoms with E-state index >= 15 is 0 Å². The lowest BCUT2D eigenvalue weighted by atomic mass is 9.77. The molecule has 170 valence electrons. The molecule has 2 atom stereocenters. The van der Waals surface area contributed by atoms with E-state index in [1.54, 1.807) is 0 Å². The molecule has 2 aliphatic rings. The van der Waals surface area contributed by atoms with Crippen molar-refractivity contribution in [2.45, 2.75) is 19.0 Å². The maximum Gasteiger partial charge on any atom is 0.252 e. The Kier molecular flexibility index (Phi) is 4.33. The third kappa shape index (κ3) is 2.73. The number of benzene rings is 2. The number of nitrogen functional groups attached to an aromatic ring is 1. The van der Waals surface area contributed by atoms with E-state index in [4.69, 9.17) is 5.73 Å². The Hall–Kier alpha value is -4.82. The molecule has 7 rings (SSSR count). The first-order chi connectivity index (χ1) is 17.7. The van der Waals surface area contributed by atoms with E-state index in [0.717, 1.165) is 39.2 Å². The van der Waals surface area contributed by atoms with E-state index in [9.17, 15) is 5.26 Å². The van der Waals surface area contributed by atoms with Crippen LogP contribution in [0.1, 0.15) is 34.3 Å². The second-order valence-electron chi connectivity index (χ2n) is 9.47. The Morgan fingerprint density at radius 1 is 0.861 bits per heavy atom. The lowest BCUT2D eigenvalue weighted by Crippen LogP contribution is -2.60. The first-order valence-corrected chi connectivity index (χ1v) is 12.1. The van der Waals surface area contributed by atoms with E-state index in [1.807, 2.05) is 36.7 Å². The molecule has 5 heteroatoms. The van der Waals surface area contributed by atoms with Gasteiger partial charge in [0.1, 0.15) is 6.07 Å². The summed E-state index contributed by atoms with van der Waals surface area (Å²) in [6, 6.07) is 27.3. The number of aromatic nitrogens is 3. The van der Waals surface area contributed by atoms with Crippen molar-refractivity contribution in [3.63, 3.8) is 0 Å². The summed E-state index contributed by atoms with van der Waals surface area (Å²) < 4.78 is 4.68. The monoisotopic (exact) mass is 465 g/mol. The molecule has 0 aliphatic carbocycles. The molecule has 3 aromatic heterocycles. The zero-order chi connectivity index (χ0) is 24.4. The maximum absolute atomic E-state index is 10.1. The van der Waals surface area contributed by atoms with Gasteiger partial charge in [0.2, 0.25) is 11.4 Å². The Bertz CT molecular complexity index is 1730. The summed E-state index contributed by atoms with van der Waals surface area (Å²) in [6.45, 7) is 2.12. The molecule has 0 saturated carbocycles. The van der Waals surface area contributed by atoms with Crippen LogP contribution in [0.5, 0.6) is 0 Å². The van der Waals surface area contributed by atoms with E-state index in [0.29, 0.717) is 11.3 Å². The molecule has 0 radical (unpaired) electrons. The molecule has 0 spiro atoms. The topological polar surface area (TPSA) is 70.5 Å². The van der Waals surface area contributed by atoms with Crippen molar-refractivity contribution in [1.29, 1.82) is 5.26 Å². The number of hydrogen-bond donors (Lipinski definition) is 1. The minimum absolute atomic E-state index is 0.0268. The highest BCUT2D eigenvalue weighted by Gasteiger charge is 2.53. The van der Waals surface area contributed by atoms with E-state index in [2.05, 4.69) is 88.0 Å². The van der Waals surface area contributed by atoms with Crippen LogP contribution < -0.4 is 14.9 Å². The van der Waals surface area contributed by atoms with Gasteiger partial charge in [-0.15, -0.1) is 0 Å². The van der Waals surface area contributed by atoms with Gasteiger partial charge in [0.15, 0.2) is 12.4 Å². The Labute approximate surface area is 209 Å². The standard InChI is InChI=1S/C31H23N5/c1-19-16-27-28-21(17-32)9-10-25(33)29(28)31-30(36(27)18-24(19)20-11-13-34-14-12-20)23-7-3-2-6-22(23)26-8-4-5-15-35(26)31/h2-16,18,30-31H,33H2,1H3/q+2. The van der Waals surface area contributed by atoms with Gasteiger partial charge in [-0.05, 0) is 54.4 Å². The summed E-state index contributed by atoms with van der Waals surface area (Å²) in [4.78, 5) is 4.21. The van der Waals surface area contributed by atoms with Crippen molar-refractivity contribution in [3.05, 3.63) is 120 Å². The number of pyridine rings is 3. The van der Waals surface area contributed by atoms with Gasteiger partial charge in [-0.3, -0.25) is 4.98 Å². The molecule has 5 aromatic rings. The van der Waals surface area contributed by atoms with Crippen LogP contribution in [0.2, 0.25) is 0 Å². The SMILES string of the molecule is Cc1cc2[n+](cc1-c1ccncc1)C1c3ccccc3-c3cccc[n+]3C1c1c(N)ccc(C#N)c1-2. The van der Waals surface area contributed by atoms with Crippen molar-refractivity contribution >= 4 is 5.69 Å². The first-order valence-electron chi connectivity index (χ1n) is 12.1. The van der Waals surface area contributed by atoms with Crippen molar-refractivity contribution in [1.82, 2.24) is 4.98 Å². The number of rotatable bonds is 1. The highest BCUT2D eigenvalue weighted by Crippen LogP contribution is 2.48. The number of nitriles is 1.